The highest BCUT2D eigenvalue weighted by atomic mass is 19.2. The van der Waals surface area contributed by atoms with Gasteiger partial charge in [0.15, 0.2) is 17.5 Å². The zero-order chi connectivity index (χ0) is 16.8. The molecule has 1 aromatic carbocycles. The van der Waals surface area contributed by atoms with Crippen LogP contribution in [0.5, 0.6) is 5.75 Å². The average molecular weight is 328 g/mol. The highest BCUT2D eigenvalue weighted by Crippen LogP contribution is 2.33. The van der Waals surface area contributed by atoms with Crippen LogP contribution in [0, 0.1) is 29.3 Å². The molecule has 23 heavy (non-hydrogen) atoms. The molecular formula is C18H23F3O2. The second kappa shape index (κ2) is 8.37. The number of ether oxygens (including phenoxy) is 1. The maximum atomic E-state index is 13.1. The third-order valence-corrected chi connectivity index (χ3v) is 4.57. The normalized spacial score (nSPS) is 21.2. The highest BCUT2D eigenvalue weighted by Gasteiger charge is 2.28. The molecule has 0 atom stereocenters. The summed E-state index contributed by atoms with van der Waals surface area (Å²) in [6.45, 7) is 2.17. The van der Waals surface area contributed by atoms with Crippen molar-refractivity contribution in [3.63, 3.8) is 0 Å². The van der Waals surface area contributed by atoms with E-state index in [0.717, 1.165) is 25.7 Å². The van der Waals surface area contributed by atoms with E-state index in [2.05, 4.69) is 6.92 Å². The lowest BCUT2D eigenvalue weighted by Crippen LogP contribution is -2.25. The van der Waals surface area contributed by atoms with E-state index in [1.54, 1.807) is 0 Å². The van der Waals surface area contributed by atoms with Crippen LogP contribution in [-0.2, 0) is 4.79 Å². The van der Waals surface area contributed by atoms with Gasteiger partial charge in [-0.2, -0.15) is 0 Å². The number of carbonyl (C=O) groups excluding carboxylic acids is 1. The molecule has 0 radical (unpaired) electrons. The molecule has 0 aromatic heterocycles. The fourth-order valence-electron chi connectivity index (χ4n) is 3.16. The number of halogens is 3. The van der Waals surface area contributed by atoms with Gasteiger partial charge < -0.3 is 4.74 Å². The lowest BCUT2D eigenvalue weighted by molar-refractivity contribution is -0.140. The summed E-state index contributed by atoms with van der Waals surface area (Å²) in [4.78, 5) is 12.1. The van der Waals surface area contributed by atoms with E-state index < -0.39 is 23.4 Å². The molecule has 0 saturated heterocycles. The largest absolute Gasteiger partial charge is 0.426 e. The first-order valence-electron chi connectivity index (χ1n) is 8.37. The molecule has 2 nitrogen and oxygen atoms in total. The number of esters is 1. The predicted octanol–water partition coefficient (Wildman–Crippen LogP) is 5.40. The minimum absolute atomic E-state index is 0.242. The molecule has 0 N–H and O–H groups in total. The number of carbonyl (C=O) groups is 1. The fraction of sp³-hybridized carbons (Fsp3) is 0.611. The molecule has 1 saturated carbocycles. The van der Waals surface area contributed by atoms with Crippen LogP contribution >= 0.6 is 0 Å². The van der Waals surface area contributed by atoms with Gasteiger partial charge in [0.05, 0.1) is 5.92 Å². The van der Waals surface area contributed by atoms with Gasteiger partial charge in [-0.15, -0.1) is 0 Å². The zero-order valence-electron chi connectivity index (χ0n) is 13.4. The molecule has 0 aliphatic heterocycles. The summed E-state index contributed by atoms with van der Waals surface area (Å²) >= 11 is 0. The summed E-state index contributed by atoms with van der Waals surface area (Å²) in [6.07, 6.45) is 8.30. The van der Waals surface area contributed by atoms with Gasteiger partial charge in [0.1, 0.15) is 5.75 Å². The lowest BCUT2D eigenvalue weighted by atomic mass is 9.80. The Bertz CT molecular complexity index is 514. The quantitative estimate of drug-likeness (QED) is 0.303. The Morgan fingerprint density at radius 2 is 1.70 bits per heavy atom. The first kappa shape index (κ1) is 17.8. The minimum Gasteiger partial charge on any atom is -0.426 e. The van der Waals surface area contributed by atoms with E-state index in [0.29, 0.717) is 18.1 Å². The smallest absolute Gasteiger partial charge is 0.314 e. The van der Waals surface area contributed by atoms with E-state index in [9.17, 15) is 18.0 Å². The van der Waals surface area contributed by atoms with E-state index in [1.807, 2.05) is 0 Å². The Hall–Kier alpha value is -1.52. The average Bonchev–Trinajstić information content (AvgIpc) is 2.53. The summed E-state index contributed by atoms with van der Waals surface area (Å²) in [5.74, 6) is -4.61. The standard InChI is InChI=1S/C18H23F3O2/c1-2-3-4-5-12-6-8-13(9-7-12)18(22)23-14-10-15(19)17(21)16(20)11-14/h10-13H,2-9H2,1H3. The van der Waals surface area contributed by atoms with Gasteiger partial charge in [-0.1, -0.05) is 32.6 Å². The molecule has 0 bridgehead atoms. The Balaban J connectivity index is 1.83. The molecule has 0 spiro atoms. The minimum atomic E-state index is -1.56. The SMILES string of the molecule is CCCCCC1CCC(C(=O)Oc2cc(F)c(F)c(F)c2)CC1. The van der Waals surface area contributed by atoms with Gasteiger partial charge in [0, 0.05) is 12.1 Å². The number of hydrogen-bond acceptors (Lipinski definition) is 2. The number of unbranched alkanes of at least 4 members (excludes halogenated alkanes) is 2. The molecule has 128 valence electrons. The van der Waals surface area contributed by atoms with Crippen LogP contribution in [0.1, 0.15) is 58.3 Å². The summed E-state index contributed by atoms with van der Waals surface area (Å²) in [5, 5.41) is 0. The van der Waals surface area contributed by atoms with Crippen LogP contribution in [-0.4, -0.2) is 5.97 Å². The molecular weight excluding hydrogens is 305 g/mol. The molecule has 1 aliphatic rings. The summed E-state index contributed by atoms with van der Waals surface area (Å²) in [7, 11) is 0. The highest BCUT2D eigenvalue weighted by molar-refractivity contribution is 5.75. The van der Waals surface area contributed by atoms with Crippen molar-refractivity contribution < 1.29 is 22.7 Å². The van der Waals surface area contributed by atoms with Gasteiger partial charge >= 0.3 is 5.97 Å². The van der Waals surface area contributed by atoms with Crippen LogP contribution in [0.4, 0.5) is 13.2 Å². The molecule has 0 heterocycles. The van der Waals surface area contributed by atoms with Crippen molar-refractivity contribution in [2.24, 2.45) is 11.8 Å². The van der Waals surface area contributed by atoms with Crippen LogP contribution in [0.25, 0.3) is 0 Å². The molecule has 1 aliphatic carbocycles. The molecule has 1 fully saturated rings. The van der Waals surface area contributed by atoms with Gasteiger partial charge in [-0.05, 0) is 31.6 Å². The Morgan fingerprint density at radius 3 is 2.26 bits per heavy atom. The summed E-state index contributed by atoms with van der Waals surface area (Å²) < 4.78 is 44.2. The van der Waals surface area contributed by atoms with E-state index >= 15 is 0 Å². The predicted molar refractivity (Wildman–Crippen MR) is 81.5 cm³/mol. The van der Waals surface area contributed by atoms with Crippen LogP contribution in [0.2, 0.25) is 0 Å². The Kier molecular flexibility index (Phi) is 6.48. The second-order valence-electron chi connectivity index (χ2n) is 6.34. The van der Waals surface area contributed by atoms with Crippen LogP contribution in [0.3, 0.4) is 0 Å². The fourth-order valence-corrected chi connectivity index (χ4v) is 3.16. The van der Waals surface area contributed by atoms with E-state index in [-0.39, 0.29) is 11.7 Å². The third-order valence-electron chi connectivity index (χ3n) is 4.57. The molecule has 0 amide bonds. The van der Waals surface area contributed by atoms with Crippen molar-refractivity contribution >= 4 is 5.97 Å². The summed E-state index contributed by atoms with van der Waals surface area (Å²) in [6, 6.07) is 1.40. The molecule has 5 heteroatoms. The van der Waals surface area contributed by atoms with Crippen molar-refractivity contribution in [2.45, 2.75) is 58.3 Å². The first-order chi connectivity index (χ1) is 11.0. The maximum Gasteiger partial charge on any atom is 0.314 e. The second-order valence-corrected chi connectivity index (χ2v) is 6.34. The van der Waals surface area contributed by atoms with Crippen LogP contribution in [0.15, 0.2) is 12.1 Å². The Labute approximate surface area is 135 Å². The molecule has 2 rings (SSSR count). The lowest BCUT2D eigenvalue weighted by Gasteiger charge is -2.27. The van der Waals surface area contributed by atoms with Crippen molar-refractivity contribution in [3.8, 4) is 5.75 Å². The third kappa shape index (κ3) is 4.98. The van der Waals surface area contributed by atoms with E-state index in [1.165, 1.54) is 25.7 Å². The topological polar surface area (TPSA) is 26.3 Å². The number of hydrogen-bond donors (Lipinski definition) is 0. The Morgan fingerprint density at radius 1 is 1.09 bits per heavy atom. The maximum absolute atomic E-state index is 13.1. The van der Waals surface area contributed by atoms with Crippen LogP contribution < -0.4 is 4.74 Å². The zero-order valence-corrected chi connectivity index (χ0v) is 13.4. The van der Waals surface area contributed by atoms with Crippen molar-refractivity contribution in [1.82, 2.24) is 0 Å². The number of benzene rings is 1. The van der Waals surface area contributed by atoms with Crippen molar-refractivity contribution in [3.05, 3.63) is 29.6 Å². The van der Waals surface area contributed by atoms with Gasteiger partial charge in [0.25, 0.3) is 0 Å². The van der Waals surface area contributed by atoms with Crippen molar-refractivity contribution in [1.29, 1.82) is 0 Å². The number of rotatable bonds is 6. The summed E-state index contributed by atoms with van der Waals surface area (Å²) in [5.41, 5.74) is 0. The van der Waals surface area contributed by atoms with Gasteiger partial charge in [-0.3, -0.25) is 4.79 Å². The molecule has 0 unspecified atom stereocenters. The van der Waals surface area contributed by atoms with E-state index in [4.69, 9.17) is 4.74 Å². The van der Waals surface area contributed by atoms with Gasteiger partial charge in [0.2, 0.25) is 0 Å². The van der Waals surface area contributed by atoms with Gasteiger partial charge in [-0.25, -0.2) is 13.2 Å². The molecule has 1 aromatic rings. The monoisotopic (exact) mass is 328 g/mol. The first-order valence-corrected chi connectivity index (χ1v) is 8.37. The van der Waals surface area contributed by atoms with Crippen molar-refractivity contribution in [2.75, 3.05) is 0 Å².